The van der Waals surface area contributed by atoms with Crippen LogP contribution < -0.4 is 10.2 Å². The molecule has 0 aliphatic carbocycles. The molecule has 0 saturated carbocycles. The van der Waals surface area contributed by atoms with Crippen LogP contribution in [0, 0.1) is 6.92 Å². The van der Waals surface area contributed by atoms with Crippen LogP contribution >= 0.6 is 11.6 Å². The van der Waals surface area contributed by atoms with E-state index >= 15 is 0 Å². The number of hydrogen-bond acceptors (Lipinski definition) is 2. The molecule has 0 unspecified atom stereocenters. The van der Waals surface area contributed by atoms with Gasteiger partial charge in [0.1, 0.15) is 0 Å². The Morgan fingerprint density at radius 3 is 2.48 bits per heavy atom. The van der Waals surface area contributed by atoms with E-state index in [1.54, 1.807) is 17.0 Å². The van der Waals surface area contributed by atoms with Gasteiger partial charge in [-0.15, -0.1) is 0 Å². The maximum atomic E-state index is 13.3. The van der Waals surface area contributed by atoms with Gasteiger partial charge in [-0.3, -0.25) is 9.69 Å². The molecule has 3 aromatic carbocycles. The molecule has 1 aliphatic rings. The maximum absolute atomic E-state index is 13.3. The summed E-state index contributed by atoms with van der Waals surface area (Å²) in [6, 6.07) is 22.3. The highest BCUT2D eigenvalue weighted by Crippen LogP contribution is 2.31. The van der Waals surface area contributed by atoms with E-state index in [1.807, 2.05) is 72.5 Å². The summed E-state index contributed by atoms with van der Waals surface area (Å²) in [6.45, 7) is 3.78. The first-order valence-corrected chi connectivity index (χ1v) is 10.7. The third-order valence-electron chi connectivity index (χ3n) is 5.32. The Bertz CT molecular complexity index is 1080. The van der Waals surface area contributed by atoms with Crippen LogP contribution in [0.1, 0.15) is 27.9 Å². The number of nitrogens with zero attached hydrogens (tertiary/aromatic N) is 2. The molecule has 1 heterocycles. The predicted molar refractivity (Wildman–Crippen MR) is 125 cm³/mol. The fraction of sp³-hybridized carbons (Fsp3) is 0.200. The van der Waals surface area contributed by atoms with Crippen molar-refractivity contribution in [3.63, 3.8) is 0 Å². The molecule has 4 rings (SSSR count). The number of carbonyl (C=O) groups excluding carboxylic acids is 2. The van der Waals surface area contributed by atoms with Gasteiger partial charge in [-0.1, -0.05) is 48.0 Å². The van der Waals surface area contributed by atoms with Crippen LogP contribution in [0.15, 0.2) is 72.8 Å². The van der Waals surface area contributed by atoms with Gasteiger partial charge in [-0.2, -0.15) is 0 Å². The van der Waals surface area contributed by atoms with E-state index in [4.69, 9.17) is 11.6 Å². The molecule has 158 valence electrons. The molecule has 0 radical (unpaired) electrons. The minimum Gasteiger partial charge on any atom is -0.320 e. The molecule has 3 amide bonds. The smallest absolute Gasteiger partial charge is 0.320 e. The van der Waals surface area contributed by atoms with Gasteiger partial charge in [-0.05, 0) is 60.9 Å². The molecule has 6 heteroatoms. The molecular weight excluding hydrogens is 410 g/mol. The fourth-order valence-corrected chi connectivity index (χ4v) is 3.86. The van der Waals surface area contributed by atoms with Crippen LogP contribution in [0.5, 0.6) is 0 Å². The van der Waals surface area contributed by atoms with Crippen molar-refractivity contribution in [2.75, 3.05) is 23.3 Å². The van der Waals surface area contributed by atoms with Crippen LogP contribution in [0.4, 0.5) is 16.2 Å². The SMILES string of the molecule is Cc1ccc(N2CCCN(Cc3ccc(Cl)cc3)C2=O)c(NC(=O)c2ccccc2)c1. The molecule has 0 bridgehead atoms. The van der Waals surface area contributed by atoms with Crippen LogP contribution in [-0.2, 0) is 6.54 Å². The van der Waals surface area contributed by atoms with Crippen LogP contribution in [0.3, 0.4) is 0 Å². The van der Waals surface area contributed by atoms with E-state index in [0.29, 0.717) is 41.6 Å². The van der Waals surface area contributed by atoms with Crippen molar-refractivity contribution < 1.29 is 9.59 Å². The highest BCUT2D eigenvalue weighted by atomic mass is 35.5. The van der Waals surface area contributed by atoms with E-state index in [1.165, 1.54) is 0 Å². The van der Waals surface area contributed by atoms with Gasteiger partial charge in [0.05, 0.1) is 11.4 Å². The zero-order chi connectivity index (χ0) is 21.8. The third kappa shape index (κ3) is 4.89. The minimum atomic E-state index is -0.199. The van der Waals surface area contributed by atoms with Crippen LogP contribution in [0.2, 0.25) is 5.02 Å². The standard InChI is InChI=1S/C25H24ClN3O2/c1-18-8-13-23(22(16-18)27-24(30)20-6-3-2-4-7-20)29-15-5-14-28(25(29)31)17-19-9-11-21(26)12-10-19/h2-4,6-13,16H,5,14-15,17H2,1H3,(H,27,30). The Morgan fingerprint density at radius 2 is 1.74 bits per heavy atom. The summed E-state index contributed by atoms with van der Waals surface area (Å²) >= 11 is 5.98. The molecule has 5 nitrogen and oxygen atoms in total. The molecule has 1 saturated heterocycles. The van der Waals surface area contributed by atoms with Gasteiger partial charge in [-0.25, -0.2) is 4.79 Å². The van der Waals surface area contributed by atoms with Crippen molar-refractivity contribution in [2.45, 2.75) is 19.9 Å². The lowest BCUT2D eigenvalue weighted by Gasteiger charge is -2.36. The van der Waals surface area contributed by atoms with Crippen LogP contribution in [0.25, 0.3) is 0 Å². The lowest BCUT2D eigenvalue weighted by atomic mass is 10.1. The number of hydrogen-bond donors (Lipinski definition) is 1. The van der Waals surface area contributed by atoms with Gasteiger partial charge in [0.15, 0.2) is 0 Å². The summed E-state index contributed by atoms with van der Waals surface area (Å²) in [7, 11) is 0. The number of amides is 3. The van der Waals surface area contributed by atoms with Gasteiger partial charge in [0.2, 0.25) is 0 Å². The number of rotatable bonds is 5. The Kier molecular flexibility index (Phi) is 6.23. The van der Waals surface area contributed by atoms with E-state index < -0.39 is 0 Å². The molecule has 0 spiro atoms. The van der Waals surface area contributed by atoms with Gasteiger partial charge >= 0.3 is 6.03 Å². The molecule has 3 aromatic rings. The van der Waals surface area contributed by atoms with Gasteiger partial charge in [0, 0.05) is 30.2 Å². The summed E-state index contributed by atoms with van der Waals surface area (Å²) in [5.74, 6) is -0.199. The first kappa shape index (κ1) is 20.9. The first-order valence-electron chi connectivity index (χ1n) is 10.3. The molecule has 0 atom stereocenters. The zero-order valence-corrected chi connectivity index (χ0v) is 18.1. The fourth-order valence-electron chi connectivity index (χ4n) is 3.73. The second-order valence-corrected chi connectivity index (χ2v) is 8.11. The second-order valence-electron chi connectivity index (χ2n) is 7.68. The quantitative estimate of drug-likeness (QED) is 0.558. The minimum absolute atomic E-state index is 0.0692. The molecule has 31 heavy (non-hydrogen) atoms. The maximum Gasteiger partial charge on any atom is 0.324 e. The van der Waals surface area contributed by atoms with Gasteiger partial charge in [0.25, 0.3) is 5.91 Å². The van der Waals surface area contributed by atoms with E-state index in [0.717, 1.165) is 17.5 Å². The Hall–Kier alpha value is -3.31. The molecule has 1 N–H and O–H groups in total. The van der Waals surface area contributed by atoms with Crippen molar-refractivity contribution in [3.8, 4) is 0 Å². The summed E-state index contributed by atoms with van der Waals surface area (Å²) in [5, 5.41) is 3.67. The van der Waals surface area contributed by atoms with E-state index in [2.05, 4.69) is 5.32 Å². The zero-order valence-electron chi connectivity index (χ0n) is 17.3. The number of anilines is 2. The monoisotopic (exact) mass is 433 g/mol. The second kappa shape index (κ2) is 9.23. The first-order chi connectivity index (χ1) is 15.0. The van der Waals surface area contributed by atoms with Gasteiger partial charge < -0.3 is 10.2 Å². The van der Waals surface area contributed by atoms with Crippen LogP contribution in [-0.4, -0.2) is 29.9 Å². The van der Waals surface area contributed by atoms with Crippen molar-refractivity contribution in [1.82, 2.24) is 4.90 Å². The number of nitrogens with one attached hydrogen (secondary N) is 1. The lowest BCUT2D eigenvalue weighted by Crippen LogP contribution is -2.49. The predicted octanol–water partition coefficient (Wildman–Crippen LogP) is 5.73. The summed E-state index contributed by atoms with van der Waals surface area (Å²) < 4.78 is 0. The number of carbonyl (C=O) groups is 2. The molecular formula is C25H24ClN3O2. The van der Waals surface area contributed by atoms with Crippen molar-refractivity contribution in [3.05, 3.63) is 94.5 Å². The molecule has 0 aromatic heterocycles. The summed E-state index contributed by atoms with van der Waals surface area (Å²) in [6.07, 6.45) is 0.847. The Balaban J connectivity index is 1.57. The van der Waals surface area contributed by atoms with E-state index in [9.17, 15) is 9.59 Å². The lowest BCUT2D eigenvalue weighted by molar-refractivity contribution is 0.102. The highest BCUT2D eigenvalue weighted by molar-refractivity contribution is 6.30. The molecule has 1 fully saturated rings. The van der Waals surface area contributed by atoms with Crippen molar-refractivity contribution in [2.24, 2.45) is 0 Å². The van der Waals surface area contributed by atoms with Crippen molar-refractivity contribution >= 4 is 34.9 Å². The van der Waals surface area contributed by atoms with E-state index in [-0.39, 0.29) is 11.9 Å². The summed E-state index contributed by atoms with van der Waals surface area (Å²) in [5.41, 5.74) is 3.95. The number of aryl methyl sites for hydroxylation is 1. The summed E-state index contributed by atoms with van der Waals surface area (Å²) in [4.78, 5) is 29.6. The normalized spacial score (nSPS) is 13.9. The highest BCUT2D eigenvalue weighted by Gasteiger charge is 2.28. The number of benzene rings is 3. The largest absolute Gasteiger partial charge is 0.324 e. The third-order valence-corrected chi connectivity index (χ3v) is 5.58. The average Bonchev–Trinajstić information content (AvgIpc) is 2.78. The number of halogens is 1. The van der Waals surface area contributed by atoms with Crippen molar-refractivity contribution in [1.29, 1.82) is 0 Å². The topological polar surface area (TPSA) is 52.6 Å². The number of urea groups is 1. The Morgan fingerprint density at radius 1 is 1.00 bits per heavy atom. The molecule has 1 aliphatic heterocycles. The Labute approximate surface area is 187 Å². The average molecular weight is 434 g/mol.